The molecule has 0 unspecified atom stereocenters. The van der Waals surface area contributed by atoms with Gasteiger partial charge in [0.15, 0.2) is 0 Å². The highest BCUT2D eigenvalue weighted by molar-refractivity contribution is 5.80. The summed E-state index contributed by atoms with van der Waals surface area (Å²) in [7, 11) is 0. The Hall–Kier alpha value is -1.98. The zero-order chi connectivity index (χ0) is 28.6. The van der Waals surface area contributed by atoms with Gasteiger partial charge < -0.3 is 14.9 Å². The van der Waals surface area contributed by atoms with Crippen molar-refractivity contribution in [3.05, 3.63) is 46.5 Å². The van der Waals surface area contributed by atoms with Gasteiger partial charge in [0, 0.05) is 30.3 Å². The number of allylic oxidation sites excluding steroid dienone is 1. The van der Waals surface area contributed by atoms with Crippen LogP contribution in [-0.4, -0.2) is 34.7 Å². The van der Waals surface area contributed by atoms with Crippen molar-refractivity contribution in [2.75, 3.05) is 6.61 Å². The fourth-order valence-electron chi connectivity index (χ4n) is 7.47. The van der Waals surface area contributed by atoms with Gasteiger partial charge >= 0.3 is 5.97 Å². The van der Waals surface area contributed by atoms with Crippen molar-refractivity contribution in [2.45, 2.75) is 112 Å². The number of rotatable bonds is 12. The molecule has 212 valence electrons. The normalized spacial score (nSPS) is 29.3. The van der Waals surface area contributed by atoms with Crippen LogP contribution in [0.25, 0.3) is 0 Å². The summed E-state index contributed by atoms with van der Waals surface area (Å²) >= 11 is 0. The number of benzene rings is 1. The van der Waals surface area contributed by atoms with Crippen LogP contribution in [0.15, 0.2) is 24.3 Å². The molecular formula is C33H50O5. The van der Waals surface area contributed by atoms with E-state index < -0.39 is 34.7 Å². The van der Waals surface area contributed by atoms with E-state index in [4.69, 9.17) is 4.74 Å². The predicted molar refractivity (Wildman–Crippen MR) is 152 cm³/mol. The van der Waals surface area contributed by atoms with E-state index in [1.807, 2.05) is 20.8 Å². The topological polar surface area (TPSA) is 83.8 Å². The van der Waals surface area contributed by atoms with Crippen LogP contribution in [-0.2, 0) is 26.2 Å². The summed E-state index contributed by atoms with van der Waals surface area (Å²) < 4.78 is 6.40. The number of aliphatic carboxylic acids is 1. The van der Waals surface area contributed by atoms with Crippen molar-refractivity contribution in [1.29, 1.82) is 0 Å². The molecule has 0 radical (unpaired) electrons. The lowest BCUT2D eigenvalue weighted by Gasteiger charge is -2.53. The van der Waals surface area contributed by atoms with Crippen molar-refractivity contribution in [2.24, 2.45) is 29.1 Å². The van der Waals surface area contributed by atoms with Crippen LogP contribution in [0.5, 0.6) is 0 Å². The summed E-state index contributed by atoms with van der Waals surface area (Å²) in [4.78, 5) is 25.2. The first-order chi connectivity index (χ1) is 17.7. The van der Waals surface area contributed by atoms with E-state index in [-0.39, 0.29) is 17.8 Å². The second kappa shape index (κ2) is 11.6. The molecule has 2 aliphatic carbocycles. The Morgan fingerprint density at radius 2 is 1.76 bits per heavy atom. The molecule has 2 aliphatic rings. The Bertz CT molecular complexity index is 1060. The lowest BCUT2D eigenvalue weighted by Crippen LogP contribution is -2.49. The van der Waals surface area contributed by atoms with E-state index in [2.05, 4.69) is 53.3 Å². The molecule has 0 aliphatic heterocycles. The average molecular weight is 527 g/mol. The standard InChI is InChI=1S/C33H50O5/c1-10-38-28-18-33(9)30(24(31(36)37)13-11-21(6)19(2)3)27(35)17-32(33,8)25-15-12-22(7)23(29(25)28)14-16-26(34)20(4)5/h12,15,19-20,24,27-28,30,35H,6,10-11,13-14,16-18H2,1-5,7-9H3,(H,36,37)/t24-,27-,28+,30+,32+,33-/m1/s1. The molecule has 0 amide bonds. The molecule has 1 fully saturated rings. The summed E-state index contributed by atoms with van der Waals surface area (Å²) in [5.74, 6) is -1.34. The molecule has 5 nitrogen and oxygen atoms in total. The van der Waals surface area contributed by atoms with E-state index in [0.717, 1.165) is 22.3 Å². The monoisotopic (exact) mass is 526 g/mol. The molecule has 0 aromatic heterocycles. The molecule has 1 aromatic carbocycles. The number of aryl methyl sites for hydroxylation is 1. The molecule has 6 atom stereocenters. The van der Waals surface area contributed by atoms with Gasteiger partial charge in [0.05, 0.1) is 18.1 Å². The molecule has 0 saturated heterocycles. The first kappa shape index (κ1) is 30.6. The van der Waals surface area contributed by atoms with Crippen molar-refractivity contribution in [3.63, 3.8) is 0 Å². The first-order valence-corrected chi connectivity index (χ1v) is 14.5. The number of Topliss-reactive ketones (excluding diaryl/α,β-unsaturated/α-hetero) is 1. The lowest BCUT2D eigenvalue weighted by molar-refractivity contribution is -0.149. The summed E-state index contributed by atoms with van der Waals surface area (Å²) in [6.45, 7) is 21.2. The molecule has 3 rings (SSSR count). The maximum absolute atomic E-state index is 12.7. The second-order valence-electron chi connectivity index (χ2n) is 12.9. The van der Waals surface area contributed by atoms with Crippen molar-refractivity contribution >= 4 is 11.8 Å². The number of carbonyl (C=O) groups excluding carboxylic acids is 1. The smallest absolute Gasteiger partial charge is 0.306 e. The Morgan fingerprint density at radius 3 is 2.32 bits per heavy atom. The number of ketones is 1. The first-order valence-electron chi connectivity index (χ1n) is 14.5. The van der Waals surface area contributed by atoms with Crippen LogP contribution in [0.1, 0.15) is 109 Å². The molecule has 0 spiro atoms. The highest BCUT2D eigenvalue weighted by Crippen LogP contribution is 2.67. The SMILES string of the molecule is C=C(CC[C@@H](C(=O)O)[C@H]1[C@H](O)C[C@@]2(C)c3ccc(C)c(CCC(=O)C(C)C)c3[C@@H](OCC)C[C@]12C)C(C)C. The largest absolute Gasteiger partial charge is 0.481 e. The van der Waals surface area contributed by atoms with Gasteiger partial charge in [0.25, 0.3) is 0 Å². The third kappa shape index (κ3) is 5.38. The number of aliphatic hydroxyl groups is 1. The number of carboxylic acid groups (broad SMARTS) is 1. The van der Waals surface area contributed by atoms with Gasteiger partial charge in [-0.1, -0.05) is 65.8 Å². The number of carboxylic acids is 1. The lowest BCUT2D eigenvalue weighted by atomic mass is 9.52. The summed E-state index contributed by atoms with van der Waals surface area (Å²) in [6.07, 6.45) is 2.52. The molecule has 38 heavy (non-hydrogen) atoms. The molecule has 1 saturated carbocycles. The molecular weight excluding hydrogens is 476 g/mol. The fraction of sp³-hybridized carbons (Fsp3) is 0.697. The Morgan fingerprint density at radius 1 is 1.11 bits per heavy atom. The number of carbonyl (C=O) groups is 2. The Kier molecular flexibility index (Phi) is 9.36. The molecule has 1 aromatic rings. The van der Waals surface area contributed by atoms with Crippen LogP contribution < -0.4 is 0 Å². The van der Waals surface area contributed by atoms with Gasteiger partial charge in [0.2, 0.25) is 0 Å². The molecule has 2 N–H and O–H groups in total. The minimum absolute atomic E-state index is 0.00353. The van der Waals surface area contributed by atoms with E-state index in [1.54, 1.807) is 0 Å². The third-order valence-corrected chi connectivity index (χ3v) is 10.1. The number of aliphatic hydroxyl groups excluding tert-OH is 1. The fourth-order valence-corrected chi connectivity index (χ4v) is 7.47. The van der Waals surface area contributed by atoms with Gasteiger partial charge in [-0.05, 0) is 79.5 Å². The highest BCUT2D eigenvalue weighted by atomic mass is 16.5. The van der Waals surface area contributed by atoms with Crippen LogP contribution >= 0.6 is 0 Å². The van der Waals surface area contributed by atoms with E-state index in [9.17, 15) is 19.8 Å². The average Bonchev–Trinajstić information content (AvgIpc) is 3.03. The van der Waals surface area contributed by atoms with Crippen LogP contribution in [0.2, 0.25) is 0 Å². The van der Waals surface area contributed by atoms with E-state index in [1.165, 1.54) is 5.56 Å². The van der Waals surface area contributed by atoms with Crippen LogP contribution in [0, 0.1) is 36.0 Å². The molecule has 5 heteroatoms. The van der Waals surface area contributed by atoms with Gasteiger partial charge in [0.1, 0.15) is 5.78 Å². The second-order valence-corrected chi connectivity index (χ2v) is 12.9. The zero-order valence-corrected chi connectivity index (χ0v) is 24.9. The molecule has 0 heterocycles. The van der Waals surface area contributed by atoms with Crippen LogP contribution in [0.3, 0.4) is 0 Å². The highest BCUT2D eigenvalue weighted by Gasteiger charge is 2.65. The minimum Gasteiger partial charge on any atom is -0.481 e. The van der Waals surface area contributed by atoms with Gasteiger partial charge in [-0.25, -0.2) is 0 Å². The number of hydrogen-bond donors (Lipinski definition) is 2. The zero-order valence-electron chi connectivity index (χ0n) is 24.9. The Balaban J connectivity index is 2.11. The summed E-state index contributed by atoms with van der Waals surface area (Å²) in [5, 5.41) is 22.0. The van der Waals surface area contributed by atoms with Crippen LogP contribution in [0.4, 0.5) is 0 Å². The van der Waals surface area contributed by atoms with Gasteiger partial charge in [-0.15, -0.1) is 0 Å². The van der Waals surface area contributed by atoms with Crippen molar-refractivity contribution in [1.82, 2.24) is 0 Å². The summed E-state index contributed by atoms with van der Waals surface area (Å²) in [6, 6.07) is 4.31. The van der Waals surface area contributed by atoms with Crippen molar-refractivity contribution < 1.29 is 24.5 Å². The number of hydrogen-bond acceptors (Lipinski definition) is 4. The Labute approximate surface area is 230 Å². The van der Waals surface area contributed by atoms with Gasteiger partial charge in [-0.2, -0.15) is 0 Å². The summed E-state index contributed by atoms with van der Waals surface area (Å²) in [5.41, 5.74) is 4.82. The maximum Gasteiger partial charge on any atom is 0.306 e. The quantitative estimate of drug-likeness (QED) is 0.287. The van der Waals surface area contributed by atoms with Crippen molar-refractivity contribution in [3.8, 4) is 0 Å². The minimum atomic E-state index is -0.841. The molecule has 0 bridgehead atoms. The number of ether oxygens (including phenoxy) is 1. The third-order valence-electron chi connectivity index (χ3n) is 10.1. The predicted octanol–water partition coefficient (Wildman–Crippen LogP) is 6.97. The van der Waals surface area contributed by atoms with E-state index >= 15 is 0 Å². The van der Waals surface area contributed by atoms with Gasteiger partial charge in [-0.3, -0.25) is 9.59 Å². The maximum atomic E-state index is 12.7. The number of fused-ring (bicyclic) bond motifs is 3. The van der Waals surface area contributed by atoms with E-state index in [0.29, 0.717) is 51.0 Å².